The first-order chi connectivity index (χ1) is 9.63. The zero-order chi connectivity index (χ0) is 14.4. The van der Waals surface area contributed by atoms with Crippen molar-refractivity contribution in [3.05, 3.63) is 34.9 Å². The molecule has 0 saturated carbocycles. The minimum absolute atomic E-state index is 0.0384. The van der Waals surface area contributed by atoms with E-state index in [0.29, 0.717) is 18.0 Å². The van der Waals surface area contributed by atoms with Crippen molar-refractivity contribution in [3.63, 3.8) is 0 Å². The molecule has 1 aliphatic rings. The molecule has 4 nitrogen and oxygen atoms in total. The van der Waals surface area contributed by atoms with Crippen molar-refractivity contribution < 1.29 is 9.53 Å². The summed E-state index contributed by atoms with van der Waals surface area (Å²) in [6.45, 7) is 3.36. The Labute approximate surface area is 125 Å². The fourth-order valence-electron chi connectivity index (χ4n) is 2.26. The Morgan fingerprint density at radius 2 is 2.20 bits per heavy atom. The Morgan fingerprint density at radius 3 is 2.90 bits per heavy atom. The van der Waals surface area contributed by atoms with Crippen LogP contribution in [0, 0.1) is 0 Å². The van der Waals surface area contributed by atoms with Gasteiger partial charge in [-0.1, -0.05) is 23.7 Å². The number of benzene rings is 1. The standard InChI is InChI=1S/C15H21ClN2O2/c1-18-8-9-20-14(11-18)6-7-17-15(19)10-12-2-4-13(16)5-3-12/h2-5,14H,6-11H2,1H3,(H,17,19). The number of carbonyl (C=O) groups is 1. The number of nitrogens with one attached hydrogen (secondary N) is 1. The fourth-order valence-corrected chi connectivity index (χ4v) is 2.39. The highest BCUT2D eigenvalue weighted by Crippen LogP contribution is 2.10. The molecule has 1 N–H and O–H groups in total. The molecular weight excluding hydrogens is 276 g/mol. The number of nitrogens with zero attached hydrogens (tertiary/aromatic N) is 1. The summed E-state index contributed by atoms with van der Waals surface area (Å²) in [6, 6.07) is 7.36. The summed E-state index contributed by atoms with van der Waals surface area (Å²) in [4.78, 5) is 14.1. The monoisotopic (exact) mass is 296 g/mol. The summed E-state index contributed by atoms with van der Waals surface area (Å²) >= 11 is 5.81. The lowest BCUT2D eigenvalue weighted by Gasteiger charge is -2.30. The molecule has 1 atom stereocenters. The maximum atomic E-state index is 11.8. The largest absolute Gasteiger partial charge is 0.375 e. The molecular formula is C15H21ClN2O2. The van der Waals surface area contributed by atoms with E-state index in [-0.39, 0.29) is 12.0 Å². The van der Waals surface area contributed by atoms with Gasteiger partial charge in [0.25, 0.3) is 0 Å². The molecule has 0 aromatic heterocycles. The number of likely N-dealkylation sites (N-methyl/N-ethyl adjacent to an activating group) is 1. The van der Waals surface area contributed by atoms with E-state index in [9.17, 15) is 4.79 Å². The van der Waals surface area contributed by atoms with Crippen molar-refractivity contribution in [1.82, 2.24) is 10.2 Å². The number of ether oxygens (including phenoxy) is 1. The summed E-state index contributed by atoms with van der Waals surface area (Å²) in [7, 11) is 2.09. The molecule has 0 radical (unpaired) electrons. The van der Waals surface area contributed by atoms with Gasteiger partial charge in [-0.3, -0.25) is 4.79 Å². The van der Waals surface area contributed by atoms with Crippen LogP contribution >= 0.6 is 11.6 Å². The SMILES string of the molecule is CN1CCOC(CCNC(=O)Cc2ccc(Cl)cc2)C1. The van der Waals surface area contributed by atoms with Crippen molar-refractivity contribution >= 4 is 17.5 Å². The topological polar surface area (TPSA) is 41.6 Å². The van der Waals surface area contributed by atoms with Crippen molar-refractivity contribution in [3.8, 4) is 0 Å². The average molecular weight is 297 g/mol. The highest BCUT2D eigenvalue weighted by atomic mass is 35.5. The molecule has 110 valence electrons. The predicted octanol–water partition coefficient (Wildman–Crippen LogP) is 1.72. The Bertz CT molecular complexity index is 436. The van der Waals surface area contributed by atoms with Crippen molar-refractivity contribution in [2.75, 3.05) is 33.3 Å². The number of carbonyl (C=O) groups excluding carboxylic acids is 1. The normalized spacial score (nSPS) is 19.8. The van der Waals surface area contributed by atoms with Crippen molar-refractivity contribution in [1.29, 1.82) is 0 Å². The van der Waals surface area contributed by atoms with Crippen LogP contribution in [0.5, 0.6) is 0 Å². The molecule has 0 aliphatic carbocycles. The van der Waals surface area contributed by atoms with Crippen LogP contribution in [0.2, 0.25) is 5.02 Å². The number of halogens is 1. The van der Waals surface area contributed by atoms with Crippen LogP contribution in [0.3, 0.4) is 0 Å². The van der Waals surface area contributed by atoms with E-state index in [0.717, 1.165) is 31.7 Å². The molecule has 1 unspecified atom stereocenters. The molecule has 20 heavy (non-hydrogen) atoms. The van der Waals surface area contributed by atoms with E-state index in [1.165, 1.54) is 0 Å². The predicted molar refractivity (Wildman–Crippen MR) is 80.0 cm³/mol. The fraction of sp³-hybridized carbons (Fsp3) is 0.533. The van der Waals surface area contributed by atoms with Crippen LogP contribution in [0.4, 0.5) is 0 Å². The third kappa shape index (κ3) is 5.12. The van der Waals surface area contributed by atoms with E-state index in [4.69, 9.17) is 16.3 Å². The summed E-state index contributed by atoms with van der Waals surface area (Å²) in [5.41, 5.74) is 0.973. The Kier molecular flexibility index (Phi) is 5.83. The highest BCUT2D eigenvalue weighted by Gasteiger charge is 2.17. The summed E-state index contributed by atoms with van der Waals surface area (Å²) < 4.78 is 5.65. The Morgan fingerprint density at radius 1 is 1.45 bits per heavy atom. The van der Waals surface area contributed by atoms with Crippen LogP contribution in [0.25, 0.3) is 0 Å². The molecule has 0 bridgehead atoms. The third-order valence-corrected chi connectivity index (χ3v) is 3.66. The zero-order valence-corrected chi connectivity index (χ0v) is 12.5. The molecule has 1 saturated heterocycles. The van der Waals surface area contributed by atoms with Crippen LogP contribution in [0.1, 0.15) is 12.0 Å². The van der Waals surface area contributed by atoms with Gasteiger partial charge in [0.05, 0.1) is 19.1 Å². The highest BCUT2D eigenvalue weighted by molar-refractivity contribution is 6.30. The number of amides is 1. The number of hydrogen-bond donors (Lipinski definition) is 1. The van der Waals surface area contributed by atoms with Gasteiger partial charge in [-0.2, -0.15) is 0 Å². The van der Waals surface area contributed by atoms with E-state index in [1.54, 1.807) is 12.1 Å². The van der Waals surface area contributed by atoms with Gasteiger partial charge in [-0.15, -0.1) is 0 Å². The minimum atomic E-state index is 0.0384. The van der Waals surface area contributed by atoms with Gasteiger partial charge in [0.2, 0.25) is 5.91 Å². The molecule has 5 heteroatoms. The van der Waals surface area contributed by atoms with Crippen molar-refractivity contribution in [2.24, 2.45) is 0 Å². The van der Waals surface area contributed by atoms with Gasteiger partial charge in [-0.05, 0) is 31.2 Å². The lowest BCUT2D eigenvalue weighted by atomic mass is 10.1. The van der Waals surface area contributed by atoms with Gasteiger partial charge in [-0.25, -0.2) is 0 Å². The summed E-state index contributed by atoms with van der Waals surface area (Å²) in [5, 5.41) is 3.63. The maximum Gasteiger partial charge on any atom is 0.224 e. The van der Waals surface area contributed by atoms with Crippen molar-refractivity contribution in [2.45, 2.75) is 18.9 Å². The number of morpholine rings is 1. The molecule has 1 heterocycles. The summed E-state index contributed by atoms with van der Waals surface area (Å²) in [5.74, 6) is 0.0384. The average Bonchev–Trinajstić information content (AvgIpc) is 2.41. The second kappa shape index (κ2) is 7.62. The molecule has 1 aliphatic heterocycles. The lowest BCUT2D eigenvalue weighted by molar-refractivity contribution is -0.120. The molecule has 1 amide bonds. The van der Waals surface area contributed by atoms with Crippen LogP contribution in [-0.4, -0.2) is 50.2 Å². The van der Waals surface area contributed by atoms with E-state index in [2.05, 4.69) is 17.3 Å². The Hall–Kier alpha value is -1.10. The van der Waals surface area contributed by atoms with E-state index < -0.39 is 0 Å². The number of hydrogen-bond acceptors (Lipinski definition) is 3. The maximum absolute atomic E-state index is 11.8. The van der Waals surface area contributed by atoms with E-state index >= 15 is 0 Å². The van der Waals surface area contributed by atoms with Crippen LogP contribution in [-0.2, 0) is 16.0 Å². The third-order valence-electron chi connectivity index (χ3n) is 3.41. The van der Waals surface area contributed by atoms with Gasteiger partial charge in [0, 0.05) is 24.7 Å². The first kappa shape index (κ1) is 15.3. The molecule has 1 aromatic rings. The van der Waals surface area contributed by atoms with E-state index in [1.807, 2.05) is 12.1 Å². The van der Waals surface area contributed by atoms with Gasteiger partial charge >= 0.3 is 0 Å². The molecule has 1 fully saturated rings. The second-order valence-electron chi connectivity index (χ2n) is 5.20. The number of rotatable bonds is 5. The lowest BCUT2D eigenvalue weighted by Crippen LogP contribution is -2.41. The Balaban J connectivity index is 1.66. The molecule has 1 aromatic carbocycles. The van der Waals surface area contributed by atoms with Crippen LogP contribution in [0.15, 0.2) is 24.3 Å². The quantitative estimate of drug-likeness (QED) is 0.899. The summed E-state index contributed by atoms with van der Waals surface area (Å²) in [6.07, 6.45) is 1.48. The molecule has 0 spiro atoms. The van der Waals surface area contributed by atoms with Gasteiger partial charge < -0.3 is 15.0 Å². The minimum Gasteiger partial charge on any atom is -0.375 e. The smallest absolute Gasteiger partial charge is 0.224 e. The van der Waals surface area contributed by atoms with Crippen LogP contribution < -0.4 is 5.32 Å². The van der Waals surface area contributed by atoms with Gasteiger partial charge in [0.15, 0.2) is 0 Å². The second-order valence-corrected chi connectivity index (χ2v) is 5.63. The van der Waals surface area contributed by atoms with Gasteiger partial charge in [0.1, 0.15) is 0 Å². The first-order valence-electron chi connectivity index (χ1n) is 6.95. The first-order valence-corrected chi connectivity index (χ1v) is 7.32. The zero-order valence-electron chi connectivity index (χ0n) is 11.8. The molecule has 2 rings (SSSR count).